The normalized spacial score (nSPS) is 11.8. The Labute approximate surface area is 94.5 Å². The molecular weight excluding hydrogens is 230 g/mol. The molecule has 5 N–H and O–H groups in total. The summed E-state index contributed by atoms with van der Waals surface area (Å²) in [5, 5.41) is 1.83. The molecule has 1 aromatic carbocycles. The van der Waals surface area contributed by atoms with Gasteiger partial charge in [-0.15, -0.1) is 0 Å². The molecule has 0 fully saturated rings. The molecule has 1 aromatic rings. The highest BCUT2D eigenvalue weighted by molar-refractivity contribution is 7.85. The highest BCUT2D eigenvalue weighted by atomic mass is 32.2. The number of primary amides is 1. The summed E-state index contributed by atoms with van der Waals surface area (Å²) in [7, 11) is -1.54. The number of imide groups is 1. The van der Waals surface area contributed by atoms with Gasteiger partial charge in [0, 0.05) is 10.6 Å². The average Bonchev–Trinajstić information content (AvgIpc) is 2.16. The maximum atomic E-state index is 11.6. The van der Waals surface area contributed by atoms with Crippen LogP contribution in [0.25, 0.3) is 0 Å². The van der Waals surface area contributed by atoms with E-state index < -0.39 is 22.7 Å². The van der Waals surface area contributed by atoms with Crippen molar-refractivity contribution in [3.8, 4) is 0 Å². The Bertz CT molecular complexity index is 447. The zero-order valence-corrected chi connectivity index (χ0v) is 9.12. The number of benzene rings is 1. The molecule has 0 aliphatic heterocycles. The summed E-state index contributed by atoms with van der Waals surface area (Å²) in [5.41, 5.74) is 10.7. The fourth-order valence-electron chi connectivity index (χ4n) is 1.03. The van der Waals surface area contributed by atoms with Crippen LogP contribution in [0.4, 0.5) is 10.5 Å². The maximum absolute atomic E-state index is 11.6. The molecule has 0 saturated heterocycles. The van der Waals surface area contributed by atoms with Crippen LogP contribution in [0.15, 0.2) is 29.2 Å². The number of urea groups is 1. The van der Waals surface area contributed by atoms with E-state index in [0.717, 1.165) is 0 Å². The van der Waals surface area contributed by atoms with Crippen LogP contribution in [0, 0.1) is 0 Å². The smallest absolute Gasteiger partial charge is 0.318 e. The second-order valence-corrected chi connectivity index (χ2v) is 4.43. The summed E-state index contributed by atoms with van der Waals surface area (Å²) < 4.78 is 11.6. The number of nitrogen functional groups attached to an aromatic ring is 1. The van der Waals surface area contributed by atoms with Gasteiger partial charge in [-0.2, -0.15) is 0 Å². The zero-order valence-electron chi connectivity index (χ0n) is 8.30. The molecule has 6 nitrogen and oxygen atoms in total. The molecule has 3 amide bonds. The molecular formula is C9H11N3O3S. The van der Waals surface area contributed by atoms with Gasteiger partial charge in [0.2, 0.25) is 5.91 Å². The van der Waals surface area contributed by atoms with Crippen molar-refractivity contribution in [1.82, 2.24) is 5.32 Å². The van der Waals surface area contributed by atoms with E-state index >= 15 is 0 Å². The van der Waals surface area contributed by atoms with E-state index in [1.807, 2.05) is 5.32 Å². The van der Waals surface area contributed by atoms with Gasteiger partial charge >= 0.3 is 6.03 Å². The van der Waals surface area contributed by atoms with Crippen LogP contribution >= 0.6 is 0 Å². The van der Waals surface area contributed by atoms with Crippen molar-refractivity contribution >= 4 is 28.4 Å². The third-order valence-electron chi connectivity index (χ3n) is 1.65. The molecule has 1 atom stereocenters. The van der Waals surface area contributed by atoms with Gasteiger partial charge in [-0.25, -0.2) is 4.79 Å². The second kappa shape index (κ2) is 5.26. The molecule has 0 bridgehead atoms. The van der Waals surface area contributed by atoms with E-state index in [-0.39, 0.29) is 5.75 Å². The number of anilines is 1. The minimum Gasteiger partial charge on any atom is -0.399 e. The fourth-order valence-corrected chi connectivity index (χ4v) is 2.01. The van der Waals surface area contributed by atoms with E-state index in [0.29, 0.717) is 10.6 Å². The lowest BCUT2D eigenvalue weighted by Gasteiger charge is -2.02. The van der Waals surface area contributed by atoms with Crippen molar-refractivity contribution in [2.24, 2.45) is 5.73 Å². The molecule has 7 heteroatoms. The van der Waals surface area contributed by atoms with E-state index in [4.69, 9.17) is 11.5 Å². The van der Waals surface area contributed by atoms with Crippen LogP contribution in [0.3, 0.4) is 0 Å². The first-order chi connectivity index (χ1) is 7.49. The van der Waals surface area contributed by atoms with Gasteiger partial charge in [0.25, 0.3) is 0 Å². The fraction of sp³-hybridized carbons (Fsp3) is 0.111. The number of rotatable bonds is 3. The highest BCUT2D eigenvalue weighted by Crippen LogP contribution is 2.10. The molecule has 0 aliphatic carbocycles. The van der Waals surface area contributed by atoms with E-state index in [1.165, 1.54) is 6.07 Å². The number of hydrogen-bond acceptors (Lipinski definition) is 4. The van der Waals surface area contributed by atoms with Gasteiger partial charge in [0.05, 0.1) is 10.8 Å². The Morgan fingerprint density at radius 2 is 2.06 bits per heavy atom. The van der Waals surface area contributed by atoms with Crippen molar-refractivity contribution in [2.75, 3.05) is 11.5 Å². The van der Waals surface area contributed by atoms with Crippen molar-refractivity contribution in [1.29, 1.82) is 0 Å². The van der Waals surface area contributed by atoms with Crippen LogP contribution in [-0.2, 0) is 15.6 Å². The second-order valence-electron chi connectivity index (χ2n) is 2.97. The molecule has 16 heavy (non-hydrogen) atoms. The topological polar surface area (TPSA) is 115 Å². The van der Waals surface area contributed by atoms with Crippen molar-refractivity contribution < 1.29 is 13.8 Å². The number of carbonyl (C=O) groups is 2. The van der Waals surface area contributed by atoms with Gasteiger partial charge in [-0.05, 0) is 18.2 Å². The Hall–Kier alpha value is -1.89. The minimum atomic E-state index is -1.54. The third-order valence-corrected chi connectivity index (χ3v) is 2.95. The summed E-state index contributed by atoms with van der Waals surface area (Å²) in [6.45, 7) is 0. The predicted molar refractivity (Wildman–Crippen MR) is 59.9 cm³/mol. The largest absolute Gasteiger partial charge is 0.399 e. The van der Waals surface area contributed by atoms with Gasteiger partial charge < -0.3 is 11.5 Å². The van der Waals surface area contributed by atoms with E-state index in [2.05, 4.69) is 0 Å². The number of carbonyl (C=O) groups excluding carboxylic acids is 2. The van der Waals surface area contributed by atoms with Crippen LogP contribution in [0.2, 0.25) is 0 Å². The molecule has 0 radical (unpaired) electrons. The molecule has 0 aromatic heterocycles. The minimum absolute atomic E-state index is 0.327. The number of nitrogens with one attached hydrogen (secondary N) is 1. The summed E-state index contributed by atoms with van der Waals surface area (Å²) in [6, 6.07) is 5.41. The lowest BCUT2D eigenvalue weighted by atomic mass is 10.3. The van der Waals surface area contributed by atoms with Gasteiger partial charge in [-0.1, -0.05) is 6.07 Å². The van der Waals surface area contributed by atoms with E-state index in [9.17, 15) is 13.8 Å². The molecule has 0 unspecified atom stereocenters. The third kappa shape index (κ3) is 3.70. The highest BCUT2D eigenvalue weighted by Gasteiger charge is 2.11. The first-order valence-corrected chi connectivity index (χ1v) is 5.64. The number of nitrogens with two attached hydrogens (primary N) is 2. The predicted octanol–water partition coefficient (Wildman–Crippen LogP) is -0.429. The summed E-state index contributed by atoms with van der Waals surface area (Å²) >= 11 is 0. The van der Waals surface area contributed by atoms with Gasteiger partial charge in [0.1, 0.15) is 5.75 Å². The zero-order chi connectivity index (χ0) is 12.1. The molecule has 1 rings (SSSR count). The molecule has 0 saturated carbocycles. The summed E-state index contributed by atoms with van der Waals surface area (Å²) in [5.74, 6) is -1.01. The Morgan fingerprint density at radius 1 is 1.38 bits per heavy atom. The van der Waals surface area contributed by atoms with Crippen LogP contribution in [-0.4, -0.2) is 21.9 Å². The average molecular weight is 241 g/mol. The quantitative estimate of drug-likeness (QED) is 0.623. The first-order valence-electron chi connectivity index (χ1n) is 4.32. The Balaban J connectivity index is 2.66. The lowest BCUT2D eigenvalue weighted by molar-refractivity contribution is -0.117. The maximum Gasteiger partial charge on any atom is 0.318 e. The number of hydrogen-bond donors (Lipinski definition) is 3. The van der Waals surface area contributed by atoms with E-state index in [1.54, 1.807) is 18.2 Å². The van der Waals surface area contributed by atoms with Crippen LogP contribution < -0.4 is 16.8 Å². The SMILES string of the molecule is NC(=O)NC(=O)C[S@](=O)c1cccc(N)c1. The molecule has 86 valence electrons. The summed E-state index contributed by atoms with van der Waals surface area (Å²) in [6.07, 6.45) is 0. The Morgan fingerprint density at radius 3 is 2.62 bits per heavy atom. The monoisotopic (exact) mass is 241 g/mol. The van der Waals surface area contributed by atoms with Crippen molar-refractivity contribution in [3.05, 3.63) is 24.3 Å². The van der Waals surface area contributed by atoms with Crippen LogP contribution in [0.5, 0.6) is 0 Å². The molecule has 0 spiro atoms. The van der Waals surface area contributed by atoms with Gasteiger partial charge in [-0.3, -0.25) is 14.3 Å². The Kier molecular flexibility index (Phi) is 4.01. The standard InChI is InChI=1S/C9H11N3O3S/c10-6-2-1-3-7(4-6)16(15)5-8(13)12-9(11)14/h1-4H,5,10H2,(H3,11,12,13,14)/t16-/m0/s1. The van der Waals surface area contributed by atoms with Gasteiger partial charge in [0.15, 0.2) is 0 Å². The lowest BCUT2D eigenvalue weighted by Crippen LogP contribution is -2.37. The first kappa shape index (κ1) is 12.2. The van der Waals surface area contributed by atoms with Crippen molar-refractivity contribution in [3.63, 3.8) is 0 Å². The number of amides is 3. The molecule has 0 aliphatic rings. The summed E-state index contributed by atoms with van der Waals surface area (Å²) in [4.78, 5) is 21.9. The van der Waals surface area contributed by atoms with Crippen molar-refractivity contribution in [2.45, 2.75) is 4.90 Å². The molecule has 0 heterocycles. The van der Waals surface area contributed by atoms with Crippen LogP contribution in [0.1, 0.15) is 0 Å².